The molecule has 2 N–H and O–H groups in total. The van der Waals surface area contributed by atoms with Crippen LogP contribution >= 0.6 is 0 Å². The van der Waals surface area contributed by atoms with E-state index in [0.29, 0.717) is 26.1 Å². The molecule has 3 rings (SSSR count). The number of benzene rings is 2. The third kappa shape index (κ3) is 4.53. The van der Waals surface area contributed by atoms with Crippen molar-refractivity contribution in [2.45, 2.75) is 13.0 Å². The van der Waals surface area contributed by atoms with E-state index < -0.39 is 0 Å². The number of amides is 3. The molecule has 1 heterocycles. The number of anilines is 1. The van der Waals surface area contributed by atoms with Gasteiger partial charge in [0.15, 0.2) is 0 Å². The number of urea groups is 1. The van der Waals surface area contributed by atoms with E-state index in [2.05, 4.69) is 10.6 Å². The van der Waals surface area contributed by atoms with Gasteiger partial charge in [-0.1, -0.05) is 30.3 Å². The van der Waals surface area contributed by atoms with Crippen LogP contribution in [-0.4, -0.2) is 32.1 Å². The highest BCUT2D eigenvalue weighted by Gasteiger charge is 2.30. The maximum absolute atomic E-state index is 12.2. The molecule has 0 aliphatic carbocycles. The largest absolute Gasteiger partial charge is 0.497 e. The predicted molar refractivity (Wildman–Crippen MR) is 100 cm³/mol. The molecule has 2 aromatic rings. The molecule has 136 valence electrons. The number of para-hydroxylation sites is 1. The lowest BCUT2D eigenvalue weighted by molar-refractivity contribution is -0.117. The second kappa shape index (κ2) is 8.38. The molecule has 0 spiro atoms. The van der Waals surface area contributed by atoms with E-state index in [1.54, 1.807) is 12.0 Å². The number of rotatable bonds is 6. The molecule has 1 aliphatic heterocycles. The molecule has 0 aromatic heterocycles. The number of ether oxygens (including phenoxy) is 1. The summed E-state index contributed by atoms with van der Waals surface area (Å²) in [7, 11) is 1.62. The van der Waals surface area contributed by atoms with E-state index in [-0.39, 0.29) is 17.9 Å². The van der Waals surface area contributed by atoms with E-state index >= 15 is 0 Å². The van der Waals surface area contributed by atoms with E-state index in [4.69, 9.17) is 4.74 Å². The summed E-state index contributed by atoms with van der Waals surface area (Å²) in [6.07, 6.45) is 0.452. The minimum Gasteiger partial charge on any atom is -0.497 e. The summed E-state index contributed by atoms with van der Waals surface area (Å²) in [4.78, 5) is 25.9. The van der Waals surface area contributed by atoms with E-state index in [9.17, 15) is 9.59 Å². The molecule has 0 bridgehead atoms. The Hall–Kier alpha value is -3.02. The van der Waals surface area contributed by atoms with Crippen molar-refractivity contribution in [1.82, 2.24) is 10.6 Å². The topological polar surface area (TPSA) is 70.7 Å². The van der Waals surface area contributed by atoms with Crippen LogP contribution < -0.4 is 20.3 Å². The van der Waals surface area contributed by atoms with E-state index in [0.717, 1.165) is 17.0 Å². The Morgan fingerprint density at radius 3 is 2.54 bits per heavy atom. The van der Waals surface area contributed by atoms with Gasteiger partial charge >= 0.3 is 6.03 Å². The fourth-order valence-electron chi connectivity index (χ4n) is 3.00. The molecule has 1 unspecified atom stereocenters. The fourth-order valence-corrected chi connectivity index (χ4v) is 3.00. The molecule has 1 saturated heterocycles. The van der Waals surface area contributed by atoms with Crippen LogP contribution in [0.2, 0.25) is 0 Å². The summed E-state index contributed by atoms with van der Waals surface area (Å²) in [6.45, 7) is 1.54. The van der Waals surface area contributed by atoms with Gasteiger partial charge in [0.1, 0.15) is 5.75 Å². The molecule has 6 nitrogen and oxygen atoms in total. The number of nitrogens with zero attached hydrogens (tertiary/aromatic N) is 1. The summed E-state index contributed by atoms with van der Waals surface area (Å²) in [6, 6.07) is 16.9. The number of hydrogen-bond donors (Lipinski definition) is 2. The second-order valence-corrected chi connectivity index (χ2v) is 6.32. The summed E-state index contributed by atoms with van der Waals surface area (Å²) < 4.78 is 5.11. The molecular formula is C20H23N3O3. The minimum atomic E-state index is -0.230. The lowest BCUT2D eigenvalue weighted by Gasteiger charge is -2.17. The van der Waals surface area contributed by atoms with Crippen molar-refractivity contribution >= 4 is 17.6 Å². The third-order valence-corrected chi connectivity index (χ3v) is 4.44. The maximum atomic E-state index is 12.2. The molecule has 1 fully saturated rings. The van der Waals surface area contributed by atoms with Gasteiger partial charge < -0.3 is 20.3 Å². The zero-order valence-corrected chi connectivity index (χ0v) is 14.8. The van der Waals surface area contributed by atoms with Crippen molar-refractivity contribution in [3.63, 3.8) is 0 Å². The average Bonchev–Trinajstić information content (AvgIpc) is 3.06. The van der Waals surface area contributed by atoms with Crippen molar-refractivity contribution < 1.29 is 14.3 Å². The molecule has 6 heteroatoms. The van der Waals surface area contributed by atoms with Crippen LogP contribution in [0.1, 0.15) is 12.0 Å². The zero-order chi connectivity index (χ0) is 18.4. The molecule has 26 heavy (non-hydrogen) atoms. The van der Waals surface area contributed by atoms with Crippen LogP contribution in [0.3, 0.4) is 0 Å². The first-order valence-electron chi connectivity index (χ1n) is 8.66. The van der Waals surface area contributed by atoms with Crippen LogP contribution in [0.5, 0.6) is 5.75 Å². The quantitative estimate of drug-likeness (QED) is 0.838. The highest BCUT2D eigenvalue weighted by molar-refractivity contribution is 5.95. The van der Waals surface area contributed by atoms with Gasteiger partial charge in [0.25, 0.3) is 0 Å². The third-order valence-electron chi connectivity index (χ3n) is 4.44. The first kappa shape index (κ1) is 17.8. The average molecular weight is 353 g/mol. The molecule has 1 atom stereocenters. The van der Waals surface area contributed by atoms with Gasteiger partial charge in [-0.25, -0.2) is 4.79 Å². The highest BCUT2D eigenvalue weighted by Crippen LogP contribution is 2.24. The normalized spacial score (nSPS) is 16.4. The van der Waals surface area contributed by atoms with Gasteiger partial charge in [-0.3, -0.25) is 4.79 Å². The molecule has 0 radical (unpaired) electrons. The predicted octanol–water partition coefficient (Wildman–Crippen LogP) is 2.55. The van der Waals surface area contributed by atoms with Crippen LogP contribution in [0, 0.1) is 5.92 Å². The van der Waals surface area contributed by atoms with Crippen molar-refractivity contribution in [3.8, 4) is 5.75 Å². The van der Waals surface area contributed by atoms with Gasteiger partial charge in [0.2, 0.25) is 5.91 Å². The Kier molecular flexibility index (Phi) is 5.73. The Morgan fingerprint density at radius 2 is 1.85 bits per heavy atom. The van der Waals surface area contributed by atoms with Crippen LogP contribution in [0.4, 0.5) is 10.5 Å². The van der Waals surface area contributed by atoms with Crippen LogP contribution in [0.15, 0.2) is 54.6 Å². The summed E-state index contributed by atoms with van der Waals surface area (Å²) in [5.74, 6) is 1.00. The minimum absolute atomic E-state index is 0.0987. The number of hydrogen-bond acceptors (Lipinski definition) is 3. The molecule has 0 saturated carbocycles. The molecule has 2 aromatic carbocycles. The van der Waals surface area contributed by atoms with Gasteiger partial charge in [-0.05, 0) is 29.8 Å². The van der Waals surface area contributed by atoms with Gasteiger partial charge in [-0.2, -0.15) is 0 Å². The van der Waals surface area contributed by atoms with Crippen molar-refractivity contribution in [1.29, 1.82) is 0 Å². The first-order chi connectivity index (χ1) is 12.7. The Balaban J connectivity index is 1.42. The Morgan fingerprint density at radius 1 is 1.12 bits per heavy atom. The van der Waals surface area contributed by atoms with Crippen LogP contribution in [0.25, 0.3) is 0 Å². The fraction of sp³-hybridized carbons (Fsp3) is 0.300. The SMILES string of the molecule is COc1ccc(CNC(=O)NCC2CC(=O)N(c3ccccc3)C2)cc1. The van der Waals surface area contributed by atoms with Crippen LogP contribution in [-0.2, 0) is 11.3 Å². The number of nitrogens with one attached hydrogen (secondary N) is 2. The number of methoxy groups -OCH3 is 1. The molecule has 1 aliphatic rings. The lowest BCUT2D eigenvalue weighted by atomic mass is 10.1. The summed E-state index contributed by atoms with van der Waals surface area (Å²) in [5.41, 5.74) is 1.90. The van der Waals surface area contributed by atoms with Gasteiger partial charge in [-0.15, -0.1) is 0 Å². The van der Waals surface area contributed by atoms with Crippen molar-refractivity contribution in [2.24, 2.45) is 5.92 Å². The monoisotopic (exact) mass is 353 g/mol. The lowest BCUT2D eigenvalue weighted by Crippen LogP contribution is -2.38. The zero-order valence-electron chi connectivity index (χ0n) is 14.8. The number of carbonyl (C=O) groups excluding carboxylic acids is 2. The smallest absolute Gasteiger partial charge is 0.315 e. The van der Waals surface area contributed by atoms with Crippen molar-refractivity contribution in [3.05, 3.63) is 60.2 Å². The standard InChI is InChI=1S/C20H23N3O3/c1-26-18-9-7-15(8-10-18)12-21-20(25)22-13-16-11-19(24)23(14-16)17-5-3-2-4-6-17/h2-10,16H,11-14H2,1H3,(H2,21,22,25). The van der Waals surface area contributed by atoms with Crippen molar-refractivity contribution in [2.75, 3.05) is 25.1 Å². The first-order valence-corrected chi connectivity index (χ1v) is 8.66. The Labute approximate surface area is 153 Å². The van der Waals surface area contributed by atoms with E-state index in [1.807, 2.05) is 54.6 Å². The highest BCUT2D eigenvalue weighted by atomic mass is 16.5. The summed E-state index contributed by atoms with van der Waals surface area (Å²) >= 11 is 0. The summed E-state index contributed by atoms with van der Waals surface area (Å²) in [5, 5.41) is 5.68. The molecular weight excluding hydrogens is 330 g/mol. The van der Waals surface area contributed by atoms with Gasteiger partial charge in [0.05, 0.1) is 7.11 Å². The van der Waals surface area contributed by atoms with E-state index in [1.165, 1.54) is 0 Å². The van der Waals surface area contributed by atoms with Gasteiger partial charge in [0, 0.05) is 37.7 Å². The Bertz CT molecular complexity index is 747. The second-order valence-electron chi connectivity index (χ2n) is 6.32. The number of carbonyl (C=O) groups is 2. The molecule has 3 amide bonds. The maximum Gasteiger partial charge on any atom is 0.315 e.